The van der Waals surface area contributed by atoms with E-state index in [0.717, 1.165) is 23.9 Å². The fraction of sp³-hybridized carbons (Fsp3) is 0.333. The Bertz CT molecular complexity index is 1240. The topological polar surface area (TPSA) is 107 Å². The maximum atomic E-state index is 13.4. The van der Waals surface area contributed by atoms with Crippen LogP contribution in [0.1, 0.15) is 32.2 Å². The Balaban J connectivity index is 1.83. The number of methoxy groups -OCH3 is 1. The molecule has 0 unspecified atom stereocenters. The summed E-state index contributed by atoms with van der Waals surface area (Å²) in [5, 5.41) is 13.1. The number of carbonyl (C=O) groups is 2. The van der Waals surface area contributed by atoms with Crippen molar-refractivity contribution in [2.75, 3.05) is 12.9 Å². The minimum Gasteiger partial charge on any atom is -0.497 e. The van der Waals surface area contributed by atoms with E-state index in [9.17, 15) is 22.8 Å². The first-order valence-electron chi connectivity index (χ1n) is 11.0. The molecule has 1 aromatic heterocycles. The Morgan fingerprint density at radius 3 is 2.32 bits per heavy atom. The van der Waals surface area contributed by atoms with Crippen LogP contribution in [0.5, 0.6) is 11.5 Å². The van der Waals surface area contributed by atoms with Crippen molar-refractivity contribution in [1.29, 1.82) is 0 Å². The number of benzene rings is 2. The van der Waals surface area contributed by atoms with Crippen molar-refractivity contribution in [3.8, 4) is 17.2 Å². The predicted molar refractivity (Wildman–Crippen MR) is 131 cm³/mol. The summed E-state index contributed by atoms with van der Waals surface area (Å²) in [6, 6.07) is 10.7. The highest BCUT2D eigenvalue weighted by atomic mass is 32.2. The van der Waals surface area contributed by atoms with E-state index in [2.05, 4.69) is 20.8 Å². The van der Waals surface area contributed by atoms with Crippen LogP contribution in [0.3, 0.4) is 0 Å². The maximum Gasteiger partial charge on any atom is 0.416 e. The third kappa shape index (κ3) is 8.13. The lowest BCUT2D eigenvalue weighted by molar-refractivity contribution is -0.137. The van der Waals surface area contributed by atoms with Crippen LogP contribution >= 0.6 is 11.8 Å². The molecule has 3 rings (SSSR count). The first kappa shape index (κ1) is 27.8. The molecule has 198 valence electrons. The van der Waals surface area contributed by atoms with Crippen LogP contribution in [0.15, 0.2) is 53.7 Å². The van der Waals surface area contributed by atoms with Crippen molar-refractivity contribution in [2.45, 2.75) is 44.2 Å². The minimum absolute atomic E-state index is 0.115. The van der Waals surface area contributed by atoms with Gasteiger partial charge in [0.2, 0.25) is 5.91 Å². The summed E-state index contributed by atoms with van der Waals surface area (Å²) >= 11 is 0.915. The number of hydrogen-bond donors (Lipinski definition) is 2. The van der Waals surface area contributed by atoms with Crippen LogP contribution < -0.4 is 20.1 Å². The van der Waals surface area contributed by atoms with Gasteiger partial charge in [0.05, 0.1) is 24.1 Å². The summed E-state index contributed by atoms with van der Waals surface area (Å²) in [4.78, 5) is 24.2. The highest BCUT2D eigenvalue weighted by Crippen LogP contribution is 2.32. The molecular weight excluding hydrogens is 511 g/mol. The molecule has 0 bridgehead atoms. The summed E-state index contributed by atoms with van der Waals surface area (Å²) in [5.74, 6) is 0.490. The second-order valence-electron chi connectivity index (χ2n) is 8.79. The van der Waals surface area contributed by atoms with Crippen molar-refractivity contribution in [2.24, 2.45) is 0 Å². The van der Waals surface area contributed by atoms with Crippen LogP contribution in [0.2, 0.25) is 0 Å². The average Bonchev–Trinajstić information content (AvgIpc) is 3.23. The van der Waals surface area contributed by atoms with Crippen LogP contribution in [-0.2, 0) is 17.6 Å². The number of aromatic nitrogens is 3. The van der Waals surface area contributed by atoms with Crippen molar-refractivity contribution >= 4 is 23.7 Å². The van der Waals surface area contributed by atoms with Gasteiger partial charge in [-0.2, -0.15) is 13.2 Å². The fourth-order valence-corrected chi connectivity index (χ4v) is 3.82. The summed E-state index contributed by atoms with van der Waals surface area (Å²) in [6.45, 7) is 5.17. The van der Waals surface area contributed by atoms with Crippen molar-refractivity contribution in [1.82, 2.24) is 25.4 Å². The SMILES string of the molecule is COc1ccc(OCc2nnc(SCC(=O)NC(=O)NC(C)(C)C)n2-c2cccc(C(F)(F)F)c2)cc1. The molecule has 3 aromatic rings. The van der Waals surface area contributed by atoms with Gasteiger partial charge in [-0.15, -0.1) is 10.2 Å². The second kappa shape index (κ2) is 11.5. The highest BCUT2D eigenvalue weighted by Gasteiger charge is 2.31. The van der Waals surface area contributed by atoms with E-state index >= 15 is 0 Å². The zero-order valence-electron chi connectivity index (χ0n) is 20.5. The van der Waals surface area contributed by atoms with E-state index in [1.807, 2.05) is 0 Å². The first-order valence-corrected chi connectivity index (χ1v) is 12.0. The smallest absolute Gasteiger partial charge is 0.416 e. The minimum atomic E-state index is -4.56. The van der Waals surface area contributed by atoms with Gasteiger partial charge in [0.1, 0.15) is 18.1 Å². The van der Waals surface area contributed by atoms with Gasteiger partial charge in [-0.25, -0.2) is 4.79 Å². The Morgan fingerprint density at radius 2 is 1.70 bits per heavy atom. The molecule has 3 amide bonds. The summed E-state index contributed by atoms with van der Waals surface area (Å²) in [5.41, 5.74) is -1.25. The number of thioether (sulfide) groups is 1. The van der Waals surface area contributed by atoms with Gasteiger partial charge in [0.25, 0.3) is 0 Å². The Morgan fingerprint density at radius 1 is 1.03 bits per heavy atom. The van der Waals surface area contributed by atoms with Crippen molar-refractivity contribution in [3.63, 3.8) is 0 Å². The van der Waals surface area contributed by atoms with Crippen LogP contribution in [0.4, 0.5) is 18.0 Å². The van der Waals surface area contributed by atoms with Crippen LogP contribution in [-0.4, -0.2) is 45.1 Å². The number of nitrogens with zero attached hydrogens (tertiary/aromatic N) is 3. The van der Waals surface area contributed by atoms with Gasteiger partial charge < -0.3 is 14.8 Å². The Kier molecular flexibility index (Phi) is 8.69. The molecule has 0 atom stereocenters. The lowest BCUT2D eigenvalue weighted by Crippen LogP contribution is -2.48. The maximum absolute atomic E-state index is 13.4. The monoisotopic (exact) mass is 537 g/mol. The third-order valence-corrected chi connectivity index (χ3v) is 5.56. The highest BCUT2D eigenvalue weighted by molar-refractivity contribution is 7.99. The second-order valence-corrected chi connectivity index (χ2v) is 9.73. The lowest BCUT2D eigenvalue weighted by atomic mass is 10.1. The zero-order chi connectivity index (χ0) is 27.2. The number of urea groups is 1. The lowest BCUT2D eigenvalue weighted by Gasteiger charge is -2.20. The van der Waals surface area contributed by atoms with Gasteiger partial charge >= 0.3 is 12.2 Å². The Labute approximate surface area is 215 Å². The molecule has 0 saturated carbocycles. The molecule has 13 heteroatoms. The normalized spacial score (nSPS) is 11.6. The molecule has 0 aliphatic heterocycles. The number of nitrogens with one attached hydrogen (secondary N) is 2. The summed E-state index contributed by atoms with van der Waals surface area (Å²) in [6.07, 6.45) is -4.56. The zero-order valence-corrected chi connectivity index (χ0v) is 21.4. The molecule has 0 aliphatic carbocycles. The number of ether oxygens (including phenoxy) is 2. The largest absolute Gasteiger partial charge is 0.497 e. The van der Waals surface area contributed by atoms with Crippen LogP contribution in [0.25, 0.3) is 5.69 Å². The summed E-state index contributed by atoms with van der Waals surface area (Å²) < 4.78 is 52.3. The first-order chi connectivity index (χ1) is 17.4. The molecule has 0 aliphatic rings. The van der Waals surface area contributed by atoms with Gasteiger partial charge in [0, 0.05) is 5.54 Å². The molecule has 2 N–H and O–H groups in total. The number of rotatable bonds is 8. The van der Waals surface area contributed by atoms with Gasteiger partial charge in [-0.1, -0.05) is 17.8 Å². The van der Waals surface area contributed by atoms with Gasteiger partial charge in [-0.05, 0) is 63.2 Å². The van der Waals surface area contributed by atoms with Gasteiger partial charge in [-0.3, -0.25) is 14.7 Å². The molecule has 9 nitrogen and oxygen atoms in total. The standard InChI is InChI=1S/C24H26F3N5O4S/c1-23(2,3)29-21(34)28-20(33)14-37-22-31-30-19(13-36-18-10-8-17(35-4)9-11-18)32(22)16-7-5-6-15(12-16)24(25,26)27/h5-12H,13-14H2,1-4H3,(H2,28,29,33,34). The van der Waals surface area contributed by atoms with Crippen molar-refractivity contribution < 1.29 is 32.2 Å². The fourth-order valence-electron chi connectivity index (χ4n) is 3.05. The molecule has 1 heterocycles. The number of halogens is 3. The third-order valence-electron chi connectivity index (χ3n) is 4.63. The van der Waals surface area contributed by atoms with Crippen molar-refractivity contribution in [3.05, 3.63) is 59.9 Å². The number of carbonyl (C=O) groups excluding carboxylic acids is 2. The molecule has 0 fully saturated rings. The number of hydrogen-bond acceptors (Lipinski definition) is 7. The van der Waals surface area contributed by atoms with E-state index in [4.69, 9.17) is 9.47 Å². The predicted octanol–water partition coefficient (Wildman–Crippen LogP) is 4.59. The average molecular weight is 538 g/mol. The molecule has 0 radical (unpaired) electrons. The van der Waals surface area contributed by atoms with E-state index in [1.165, 1.54) is 23.8 Å². The molecular formula is C24H26F3N5O4S. The Hall–Kier alpha value is -3.74. The van der Waals surface area contributed by atoms with E-state index < -0.39 is 29.2 Å². The summed E-state index contributed by atoms with van der Waals surface area (Å²) in [7, 11) is 1.53. The molecule has 0 spiro atoms. The number of alkyl halides is 3. The number of imide groups is 1. The number of amides is 3. The van der Waals surface area contributed by atoms with Gasteiger partial charge in [0.15, 0.2) is 11.0 Å². The molecule has 0 saturated heterocycles. The quantitative estimate of drug-likeness (QED) is 0.405. The van der Waals surface area contributed by atoms with E-state index in [0.29, 0.717) is 11.5 Å². The molecule has 37 heavy (non-hydrogen) atoms. The molecule has 2 aromatic carbocycles. The van der Waals surface area contributed by atoms with E-state index in [1.54, 1.807) is 45.0 Å². The van der Waals surface area contributed by atoms with Crippen LogP contribution in [0, 0.1) is 0 Å². The van der Waals surface area contributed by atoms with E-state index in [-0.39, 0.29) is 29.0 Å².